The van der Waals surface area contributed by atoms with E-state index in [4.69, 9.17) is 10.8 Å². The Balaban J connectivity index is 1.94. The van der Waals surface area contributed by atoms with Crippen LogP contribution >= 0.6 is 0 Å². The molecule has 0 radical (unpaired) electrons. The monoisotopic (exact) mass is 233 g/mol. The van der Waals surface area contributed by atoms with Crippen molar-refractivity contribution >= 4 is 17.0 Å². The molecule has 1 aliphatic carbocycles. The summed E-state index contributed by atoms with van der Waals surface area (Å²) in [5, 5.41) is 9.16. The van der Waals surface area contributed by atoms with Gasteiger partial charge in [0.05, 0.1) is 6.33 Å². The zero-order valence-electron chi connectivity index (χ0n) is 9.67. The predicted octanol–water partition coefficient (Wildman–Crippen LogP) is 0.427. The Labute approximate surface area is 98.5 Å². The lowest BCUT2D eigenvalue weighted by molar-refractivity contribution is 0.246. The Hall–Kier alpha value is -1.69. The Kier molecular flexibility index (Phi) is 2.09. The van der Waals surface area contributed by atoms with Gasteiger partial charge in [-0.2, -0.15) is 0 Å². The molecule has 0 saturated heterocycles. The van der Waals surface area contributed by atoms with E-state index in [0.29, 0.717) is 17.3 Å². The van der Waals surface area contributed by atoms with Gasteiger partial charge in [0.1, 0.15) is 11.8 Å². The van der Waals surface area contributed by atoms with E-state index in [0.717, 1.165) is 18.6 Å². The summed E-state index contributed by atoms with van der Waals surface area (Å²) in [5.41, 5.74) is 7.31. The van der Waals surface area contributed by atoms with Crippen LogP contribution in [0.3, 0.4) is 0 Å². The summed E-state index contributed by atoms with van der Waals surface area (Å²) in [5.74, 6) is 0.799. The molecular formula is C11H15N5O. The van der Waals surface area contributed by atoms with E-state index in [1.54, 1.807) is 6.33 Å². The molecule has 2 aromatic rings. The molecule has 1 fully saturated rings. The minimum absolute atomic E-state index is 0.155. The van der Waals surface area contributed by atoms with Gasteiger partial charge in [-0.1, -0.05) is 6.92 Å². The quantitative estimate of drug-likeness (QED) is 0.802. The van der Waals surface area contributed by atoms with Crippen LogP contribution in [0.1, 0.15) is 13.3 Å². The lowest BCUT2D eigenvalue weighted by Crippen LogP contribution is -2.11. The molecule has 1 aliphatic rings. The van der Waals surface area contributed by atoms with Gasteiger partial charge >= 0.3 is 0 Å². The van der Waals surface area contributed by atoms with E-state index in [1.807, 2.05) is 4.57 Å². The van der Waals surface area contributed by atoms with Gasteiger partial charge in [0.25, 0.3) is 0 Å². The van der Waals surface area contributed by atoms with Gasteiger partial charge in [0, 0.05) is 13.2 Å². The summed E-state index contributed by atoms with van der Waals surface area (Å²) in [6, 6.07) is 0. The number of hydrogen-bond acceptors (Lipinski definition) is 5. The minimum atomic E-state index is 0.155. The summed E-state index contributed by atoms with van der Waals surface area (Å²) >= 11 is 0. The molecule has 3 rings (SSSR count). The zero-order valence-corrected chi connectivity index (χ0v) is 9.67. The number of imidazole rings is 1. The van der Waals surface area contributed by atoms with Crippen molar-refractivity contribution in [2.75, 3.05) is 12.3 Å². The number of rotatable bonds is 3. The summed E-state index contributed by atoms with van der Waals surface area (Å²) in [7, 11) is 0. The summed E-state index contributed by atoms with van der Waals surface area (Å²) in [6.07, 6.45) is 4.24. The maximum atomic E-state index is 9.16. The number of aliphatic hydroxyl groups excluding tert-OH is 1. The van der Waals surface area contributed by atoms with Crippen LogP contribution in [-0.2, 0) is 6.54 Å². The first-order valence-electron chi connectivity index (χ1n) is 5.66. The average Bonchev–Trinajstić information content (AvgIpc) is 2.78. The minimum Gasteiger partial charge on any atom is -0.396 e. The van der Waals surface area contributed by atoms with Crippen molar-refractivity contribution in [1.29, 1.82) is 0 Å². The highest BCUT2D eigenvalue weighted by molar-refractivity contribution is 5.81. The highest BCUT2D eigenvalue weighted by Gasteiger charge is 2.49. The fourth-order valence-electron chi connectivity index (χ4n) is 2.39. The van der Waals surface area contributed by atoms with Gasteiger partial charge in [-0.3, -0.25) is 0 Å². The molecule has 17 heavy (non-hydrogen) atoms. The van der Waals surface area contributed by atoms with E-state index in [2.05, 4.69) is 21.9 Å². The number of aliphatic hydroxyl groups is 1. The lowest BCUT2D eigenvalue weighted by Gasteiger charge is -2.11. The van der Waals surface area contributed by atoms with Crippen molar-refractivity contribution in [2.45, 2.75) is 19.9 Å². The molecule has 3 N–H and O–H groups in total. The van der Waals surface area contributed by atoms with Crippen LogP contribution in [0.15, 0.2) is 12.7 Å². The molecule has 90 valence electrons. The molecular weight excluding hydrogens is 218 g/mol. The first-order valence-corrected chi connectivity index (χ1v) is 5.66. The van der Waals surface area contributed by atoms with Crippen molar-refractivity contribution < 1.29 is 5.11 Å². The van der Waals surface area contributed by atoms with Gasteiger partial charge in [-0.05, 0) is 17.8 Å². The largest absolute Gasteiger partial charge is 0.396 e. The van der Waals surface area contributed by atoms with Gasteiger partial charge in [-0.15, -0.1) is 0 Å². The zero-order chi connectivity index (χ0) is 12.0. The van der Waals surface area contributed by atoms with E-state index >= 15 is 0 Å². The fourth-order valence-corrected chi connectivity index (χ4v) is 2.39. The highest BCUT2D eigenvalue weighted by Crippen LogP contribution is 2.53. The summed E-state index contributed by atoms with van der Waals surface area (Å²) in [6.45, 7) is 3.23. The van der Waals surface area contributed by atoms with Gasteiger partial charge in [-0.25, -0.2) is 15.0 Å². The molecule has 0 bridgehead atoms. The summed E-state index contributed by atoms with van der Waals surface area (Å²) < 4.78 is 1.99. The summed E-state index contributed by atoms with van der Waals surface area (Å²) in [4.78, 5) is 12.4. The molecule has 2 atom stereocenters. The third kappa shape index (κ3) is 1.56. The van der Waals surface area contributed by atoms with Gasteiger partial charge in [0.2, 0.25) is 0 Å². The van der Waals surface area contributed by atoms with Crippen LogP contribution in [0.25, 0.3) is 11.2 Å². The lowest BCUT2D eigenvalue weighted by atomic mass is 10.1. The van der Waals surface area contributed by atoms with E-state index in [-0.39, 0.29) is 12.0 Å². The number of anilines is 1. The fraction of sp³-hybridized carbons (Fsp3) is 0.545. The molecule has 6 heteroatoms. The molecule has 2 heterocycles. The smallest absolute Gasteiger partial charge is 0.165 e. The molecule has 0 amide bonds. The Morgan fingerprint density at radius 1 is 1.53 bits per heavy atom. The van der Waals surface area contributed by atoms with Crippen LogP contribution < -0.4 is 5.73 Å². The normalized spacial score (nSPS) is 27.5. The second-order valence-corrected chi connectivity index (χ2v) is 5.04. The van der Waals surface area contributed by atoms with Crippen molar-refractivity contribution in [3.8, 4) is 0 Å². The Morgan fingerprint density at radius 2 is 2.35 bits per heavy atom. The number of nitrogen functional groups attached to an aromatic ring is 1. The molecule has 0 unspecified atom stereocenters. The number of nitrogens with zero attached hydrogens (tertiary/aromatic N) is 4. The number of hydrogen-bond donors (Lipinski definition) is 2. The van der Waals surface area contributed by atoms with Crippen molar-refractivity contribution in [2.24, 2.45) is 11.3 Å². The maximum Gasteiger partial charge on any atom is 0.165 e. The second-order valence-electron chi connectivity index (χ2n) is 5.04. The standard InChI is InChI=1S/C11H15N5O/c1-11(2-7(11)3-17)4-16-6-15-8-9(12)13-5-14-10(8)16/h5-7,17H,2-4H2,1H3,(H2,12,13,14)/t7-,11+/m1/s1. The molecule has 0 spiro atoms. The van der Waals surface area contributed by atoms with E-state index < -0.39 is 0 Å². The first-order chi connectivity index (χ1) is 8.14. The third-order valence-electron chi connectivity index (χ3n) is 3.72. The van der Waals surface area contributed by atoms with Gasteiger partial charge in [0.15, 0.2) is 11.5 Å². The van der Waals surface area contributed by atoms with Crippen molar-refractivity contribution in [1.82, 2.24) is 19.5 Å². The Bertz CT molecular complexity index is 566. The topological polar surface area (TPSA) is 89.9 Å². The highest BCUT2D eigenvalue weighted by atomic mass is 16.3. The molecule has 0 aromatic carbocycles. The molecule has 2 aromatic heterocycles. The van der Waals surface area contributed by atoms with E-state index in [1.165, 1.54) is 6.33 Å². The van der Waals surface area contributed by atoms with E-state index in [9.17, 15) is 0 Å². The number of nitrogens with two attached hydrogens (primary N) is 1. The first kappa shape index (κ1) is 10.5. The Morgan fingerprint density at radius 3 is 3.06 bits per heavy atom. The number of aromatic nitrogens is 4. The van der Waals surface area contributed by atoms with Crippen molar-refractivity contribution in [3.05, 3.63) is 12.7 Å². The van der Waals surface area contributed by atoms with Crippen LogP contribution in [0.2, 0.25) is 0 Å². The molecule has 6 nitrogen and oxygen atoms in total. The van der Waals surface area contributed by atoms with Gasteiger partial charge < -0.3 is 15.4 Å². The van der Waals surface area contributed by atoms with Crippen LogP contribution in [0.4, 0.5) is 5.82 Å². The number of fused-ring (bicyclic) bond motifs is 1. The predicted molar refractivity (Wildman–Crippen MR) is 63.0 cm³/mol. The average molecular weight is 233 g/mol. The third-order valence-corrected chi connectivity index (χ3v) is 3.72. The maximum absolute atomic E-state index is 9.16. The SMILES string of the molecule is C[C@@]1(Cn2cnc3c(N)ncnc32)C[C@@H]1CO. The molecule has 1 saturated carbocycles. The molecule has 0 aliphatic heterocycles. The van der Waals surface area contributed by atoms with Crippen LogP contribution in [-0.4, -0.2) is 31.2 Å². The second kappa shape index (κ2) is 3.40. The van der Waals surface area contributed by atoms with Crippen molar-refractivity contribution in [3.63, 3.8) is 0 Å². The van der Waals surface area contributed by atoms with Crippen LogP contribution in [0.5, 0.6) is 0 Å². The van der Waals surface area contributed by atoms with Crippen LogP contribution in [0, 0.1) is 11.3 Å².